The van der Waals surface area contributed by atoms with Crippen LogP contribution >= 0.6 is 11.6 Å². The van der Waals surface area contributed by atoms with E-state index in [1.54, 1.807) is 31.2 Å². The van der Waals surface area contributed by atoms with Crippen LogP contribution in [0.4, 0.5) is 0 Å². The van der Waals surface area contributed by atoms with E-state index in [9.17, 15) is 9.90 Å². The summed E-state index contributed by atoms with van der Waals surface area (Å²) < 4.78 is 0. The van der Waals surface area contributed by atoms with E-state index in [0.717, 1.165) is 0 Å². The van der Waals surface area contributed by atoms with Crippen molar-refractivity contribution in [2.75, 3.05) is 0 Å². The van der Waals surface area contributed by atoms with Crippen molar-refractivity contribution in [3.8, 4) is 17.3 Å². The van der Waals surface area contributed by atoms with Gasteiger partial charge in [-0.3, -0.25) is 4.79 Å². The van der Waals surface area contributed by atoms with Crippen LogP contribution in [-0.4, -0.2) is 15.1 Å². The van der Waals surface area contributed by atoms with Gasteiger partial charge in [-0.2, -0.15) is 4.98 Å². The Kier molecular flexibility index (Phi) is 3.15. The Hall–Kier alpha value is -1.81. The number of aromatic amines is 1. The third-order valence-electron chi connectivity index (χ3n) is 2.48. The van der Waals surface area contributed by atoms with E-state index in [1.807, 2.05) is 0 Å². The van der Waals surface area contributed by atoms with E-state index < -0.39 is 0 Å². The molecule has 2 rings (SSSR count). The van der Waals surface area contributed by atoms with Crippen molar-refractivity contribution in [1.29, 1.82) is 0 Å². The predicted molar refractivity (Wildman–Crippen MR) is 66.3 cm³/mol. The number of rotatable bonds is 2. The molecule has 0 amide bonds. The van der Waals surface area contributed by atoms with Crippen molar-refractivity contribution in [2.24, 2.45) is 0 Å². The normalized spacial score (nSPS) is 10.5. The molecule has 5 heteroatoms. The van der Waals surface area contributed by atoms with E-state index in [1.165, 1.54) is 0 Å². The molecule has 0 saturated carbocycles. The molecular weight excluding hydrogens is 240 g/mol. The summed E-state index contributed by atoms with van der Waals surface area (Å²) in [5.74, 6) is 0.0291. The topological polar surface area (TPSA) is 66.0 Å². The molecule has 2 aromatic rings. The molecule has 0 aliphatic rings. The monoisotopic (exact) mass is 250 g/mol. The zero-order valence-electron chi connectivity index (χ0n) is 9.20. The van der Waals surface area contributed by atoms with Crippen LogP contribution in [0.2, 0.25) is 5.02 Å². The third-order valence-corrected chi connectivity index (χ3v) is 2.81. The van der Waals surface area contributed by atoms with Crippen molar-refractivity contribution < 1.29 is 5.11 Å². The molecule has 0 spiro atoms. The second-order valence-electron chi connectivity index (χ2n) is 3.55. The Morgan fingerprint density at radius 1 is 1.41 bits per heavy atom. The van der Waals surface area contributed by atoms with Crippen LogP contribution in [0.25, 0.3) is 11.4 Å². The quantitative estimate of drug-likeness (QED) is 0.860. The summed E-state index contributed by atoms with van der Waals surface area (Å²) in [6, 6.07) is 6.99. The smallest absolute Gasteiger partial charge is 0.258 e. The van der Waals surface area contributed by atoms with Crippen LogP contribution in [0.5, 0.6) is 5.88 Å². The van der Waals surface area contributed by atoms with Crippen LogP contribution in [0.15, 0.2) is 29.1 Å². The molecule has 0 unspecified atom stereocenters. The molecule has 0 radical (unpaired) electrons. The average molecular weight is 251 g/mol. The maximum Gasteiger partial charge on any atom is 0.258 e. The van der Waals surface area contributed by atoms with E-state index in [-0.39, 0.29) is 22.8 Å². The largest absolute Gasteiger partial charge is 0.493 e. The van der Waals surface area contributed by atoms with Crippen molar-refractivity contribution in [2.45, 2.75) is 13.3 Å². The van der Waals surface area contributed by atoms with Crippen molar-refractivity contribution in [3.63, 3.8) is 0 Å². The number of benzene rings is 1. The molecule has 0 aliphatic carbocycles. The zero-order valence-corrected chi connectivity index (χ0v) is 9.95. The van der Waals surface area contributed by atoms with Gasteiger partial charge in [-0.1, -0.05) is 30.7 Å². The summed E-state index contributed by atoms with van der Waals surface area (Å²) in [6.45, 7) is 1.78. The molecule has 1 heterocycles. The minimum Gasteiger partial charge on any atom is -0.493 e. The standard InChI is InChI=1S/C12H11ClN2O2/c1-2-7-11(16)14-10(15-12(7)17)8-5-3-4-6-9(8)13/h3-6H,2H2,1H3,(H2,14,15,16,17). The number of aromatic nitrogens is 2. The SMILES string of the molecule is CCc1c(O)nc(-c2ccccc2Cl)[nH]c1=O. The van der Waals surface area contributed by atoms with Gasteiger partial charge in [0.1, 0.15) is 5.82 Å². The van der Waals surface area contributed by atoms with E-state index >= 15 is 0 Å². The maximum atomic E-state index is 11.7. The molecule has 17 heavy (non-hydrogen) atoms. The Bertz CT molecular complexity index is 608. The molecule has 0 fully saturated rings. The minimum atomic E-state index is -0.338. The molecule has 1 aromatic heterocycles. The van der Waals surface area contributed by atoms with Gasteiger partial charge in [-0.05, 0) is 18.6 Å². The molecule has 1 aromatic carbocycles. The van der Waals surface area contributed by atoms with E-state index in [0.29, 0.717) is 17.0 Å². The molecule has 0 saturated heterocycles. The van der Waals surface area contributed by atoms with Gasteiger partial charge in [-0.25, -0.2) is 0 Å². The Balaban J connectivity index is 2.63. The summed E-state index contributed by atoms with van der Waals surface area (Å²) in [5, 5.41) is 10.1. The van der Waals surface area contributed by atoms with Gasteiger partial charge < -0.3 is 10.1 Å². The zero-order chi connectivity index (χ0) is 12.4. The van der Waals surface area contributed by atoms with Crippen LogP contribution in [-0.2, 0) is 6.42 Å². The fourth-order valence-corrected chi connectivity index (χ4v) is 1.81. The fraction of sp³-hybridized carbons (Fsp3) is 0.167. The summed E-state index contributed by atoms with van der Waals surface area (Å²) >= 11 is 5.99. The van der Waals surface area contributed by atoms with Gasteiger partial charge in [-0.15, -0.1) is 0 Å². The number of aromatic hydroxyl groups is 1. The number of nitrogens with zero attached hydrogens (tertiary/aromatic N) is 1. The number of halogens is 1. The van der Waals surface area contributed by atoms with Crippen LogP contribution in [0, 0.1) is 0 Å². The Morgan fingerprint density at radius 3 is 2.71 bits per heavy atom. The lowest BCUT2D eigenvalue weighted by Gasteiger charge is -2.05. The summed E-state index contributed by atoms with van der Waals surface area (Å²) in [5.41, 5.74) is 0.528. The third kappa shape index (κ3) is 2.17. The molecule has 0 bridgehead atoms. The second-order valence-corrected chi connectivity index (χ2v) is 3.96. The van der Waals surface area contributed by atoms with Gasteiger partial charge >= 0.3 is 0 Å². The van der Waals surface area contributed by atoms with Gasteiger partial charge in [0, 0.05) is 5.56 Å². The van der Waals surface area contributed by atoms with Gasteiger partial charge in [0.2, 0.25) is 5.88 Å². The fourth-order valence-electron chi connectivity index (χ4n) is 1.59. The van der Waals surface area contributed by atoms with Crippen LogP contribution in [0.1, 0.15) is 12.5 Å². The number of hydrogen-bond donors (Lipinski definition) is 2. The predicted octanol–water partition coefficient (Wildman–Crippen LogP) is 2.36. The average Bonchev–Trinajstić information content (AvgIpc) is 2.29. The number of hydrogen-bond acceptors (Lipinski definition) is 3. The maximum absolute atomic E-state index is 11.7. The summed E-state index contributed by atoms with van der Waals surface area (Å²) in [4.78, 5) is 18.2. The minimum absolute atomic E-state index is 0.244. The highest BCUT2D eigenvalue weighted by Crippen LogP contribution is 2.25. The van der Waals surface area contributed by atoms with Crippen LogP contribution < -0.4 is 5.56 Å². The Labute approximate surface area is 103 Å². The number of H-pyrrole nitrogens is 1. The highest BCUT2D eigenvalue weighted by atomic mass is 35.5. The van der Waals surface area contributed by atoms with E-state index in [2.05, 4.69) is 9.97 Å². The first-order valence-electron chi connectivity index (χ1n) is 5.20. The molecule has 0 atom stereocenters. The lowest BCUT2D eigenvalue weighted by atomic mass is 10.2. The van der Waals surface area contributed by atoms with Gasteiger partial charge in [0.15, 0.2) is 0 Å². The number of nitrogens with one attached hydrogen (secondary N) is 1. The second kappa shape index (κ2) is 4.59. The first kappa shape index (κ1) is 11.7. The summed E-state index contributed by atoms with van der Waals surface area (Å²) in [6.07, 6.45) is 0.428. The first-order chi connectivity index (χ1) is 8.13. The molecular formula is C12H11ClN2O2. The van der Waals surface area contributed by atoms with E-state index in [4.69, 9.17) is 11.6 Å². The lowest BCUT2D eigenvalue weighted by Crippen LogP contribution is -2.14. The molecule has 0 aliphatic heterocycles. The molecule has 2 N–H and O–H groups in total. The van der Waals surface area contributed by atoms with Gasteiger partial charge in [0.25, 0.3) is 5.56 Å². The summed E-state index contributed by atoms with van der Waals surface area (Å²) in [7, 11) is 0. The highest BCUT2D eigenvalue weighted by molar-refractivity contribution is 6.33. The van der Waals surface area contributed by atoms with Crippen molar-refractivity contribution in [3.05, 3.63) is 45.2 Å². The van der Waals surface area contributed by atoms with Gasteiger partial charge in [0.05, 0.1) is 10.6 Å². The van der Waals surface area contributed by atoms with Crippen LogP contribution in [0.3, 0.4) is 0 Å². The van der Waals surface area contributed by atoms with Crippen molar-refractivity contribution in [1.82, 2.24) is 9.97 Å². The first-order valence-corrected chi connectivity index (χ1v) is 5.58. The molecule has 4 nitrogen and oxygen atoms in total. The van der Waals surface area contributed by atoms with Crippen molar-refractivity contribution >= 4 is 11.6 Å². The molecule has 88 valence electrons. The Morgan fingerprint density at radius 2 is 2.12 bits per heavy atom. The lowest BCUT2D eigenvalue weighted by molar-refractivity contribution is 0.444. The highest BCUT2D eigenvalue weighted by Gasteiger charge is 2.11.